The van der Waals surface area contributed by atoms with Crippen molar-refractivity contribution in [3.05, 3.63) is 34.1 Å². The predicted molar refractivity (Wildman–Crippen MR) is 94.9 cm³/mol. The van der Waals surface area contributed by atoms with E-state index in [0.29, 0.717) is 23.7 Å². The molecule has 0 unspecified atom stereocenters. The lowest BCUT2D eigenvalue weighted by atomic mass is 9.80. The Hall–Kier alpha value is -1.63. The second-order valence-electron chi connectivity index (χ2n) is 7.60. The van der Waals surface area contributed by atoms with E-state index in [1.807, 2.05) is 0 Å². The van der Waals surface area contributed by atoms with Gasteiger partial charge in [-0.1, -0.05) is 6.07 Å². The number of benzene rings is 1. The van der Waals surface area contributed by atoms with Gasteiger partial charge >= 0.3 is 12.1 Å². The molecule has 0 radical (unpaired) electrons. The Morgan fingerprint density at radius 1 is 1.44 bits per heavy atom. The lowest BCUT2D eigenvalue weighted by molar-refractivity contribution is -0.148. The maximum Gasteiger partial charge on any atom is 0.407 e. The van der Waals surface area contributed by atoms with Crippen molar-refractivity contribution in [2.45, 2.75) is 58.1 Å². The van der Waals surface area contributed by atoms with Crippen LogP contribution < -0.4 is 5.32 Å². The number of aliphatic carboxylic acids is 1. The summed E-state index contributed by atoms with van der Waals surface area (Å²) in [7, 11) is 0. The van der Waals surface area contributed by atoms with Crippen LogP contribution in [0, 0.1) is 11.2 Å². The number of hydrogen-bond acceptors (Lipinski definition) is 3. The number of nitrogens with one attached hydrogen (secondary N) is 1. The largest absolute Gasteiger partial charge is 0.481 e. The van der Waals surface area contributed by atoms with Crippen LogP contribution in [0.2, 0.25) is 0 Å². The van der Waals surface area contributed by atoms with Gasteiger partial charge in [-0.05, 0) is 80.1 Å². The first kappa shape index (κ1) is 19.7. The molecule has 7 heteroatoms. The van der Waals surface area contributed by atoms with Gasteiger partial charge in [-0.2, -0.15) is 0 Å². The lowest BCUT2D eigenvalue weighted by Crippen LogP contribution is -2.39. The van der Waals surface area contributed by atoms with Gasteiger partial charge in [0.15, 0.2) is 0 Å². The molecule has 1 aromatic carbocycles. The van der Waals surface area contributed by atoms with Crippen LogP contribution in [0.3, 0.4) is 0 Å². The molecule has 1 aromatic rings. The van der Waals surface area contributed by atoms with E-state index in [9.17, 15) is 19.1 Å². The summed E-state index contributed by atoms with van der Waals surface area (Å²) in [4.78, 5) is 23.8. The van der Waals surface area contributed by atoms with Gasteiger partial charge in [0.1, 0.15) is 11.4 Å². The number of alkyl carbamates (subject to hydrolysis) is 1. The maximum atomic E-state index is 13.4. The summed E-state index contributed by atoms with van der Waals surface area (Å²) < 4.78 is 18.9. The number of halogens is 2. The first-order valence-corrected chi connectivity index (χ1v) is 8.97. The number of rotatable bonds is 4. The zero-order chi connectivity index (χ0) is 18.8. The molecule has 1 aliphatic rings. The van der Waals surface area contributed by atoms with Crippen LogP contribution >= 0.6 is 15.9 Å². The van der Waals surface area contributed by atoms with Crippen molar-refractivity contribution in [3.8, 4) is 0 Å². The Labute approximate surface area is 155 Å². The van der Waals surface area contributed by atoms with Crippen molar-refractivity contribution < 1.29 is 23.8 Å². The van der Waals surface area contributed by atoms with Crippen molar-refractivity contribution in [1.82, 2.24) is 5.32 Å². The third-order valence-electron chi connectivity index (χ3n) is 4.31. The van der Waals surface area contributed by atoms with E-state index in [-0.39, 0.29) is 18.3 Å². The SMILES string of the molecule is CC(C)(C)OC(=O)N[C@H]1CC[C@](Cc2ccc(F)c(Br)c2)(C(=O)O)C1. The minimum Gasteiger partial charge on any atom is -0.481 e. The number of carboxylic acids is 1. The van der Waals surface area contributed by atoms with Crippen molar-refractivity contribution in [2.75, 3.05) is 0 Å². The summed E-state index contributed by atoms with van der Waals surface area (Å²) in [6.45, 7) is 5.32. The van der Waals surface area contributed by atoms with Crippen molar-refractivity contribution in [3.63, 3.8) is 0 Å². The molecular weight excluding hydrogens is 393 g/mol. The van der Waals surface area contributed by atoms with E-state index < -0.39 is 23.1 Å². The molecule has 0 aliphatic heterocycles. The molecule has 1 saturated carbocycles. The standard InChI is InChI=1S/C18H23BrFNO4/c1-17(2,3)25-16(24)21-12-6-7-18(10-12,15(22)23)9-11-4-5-14(20)13(19)8-11/h4-5,8,12H,6-7,9-10H2,1-3H3,(H,21,24)(H,22,23)/t12-,18+/m0/s1. The molecule has 0 aromatic heterocycles. The molecule has 2 rings (SSSR count). The third-order valence-corrected chi connectivity index (χ3v) is 4.92. The first-order chi connectivity index (χ1) is 11.5. The van der Waals surface area contributed by atoms with Gasteiger partial charge in [0, 0.05) is 6.04 Å². The smallest absolute Gasteiger partial charge is 0.407 e. The summed E-state index contributed by atoms with van der Waals surface area (Å²) in [5.41, 5.74) is -0.835. The normalized spacial score (nSPS) is 23.3. The number of carboxylic acid groups (broad SMARTS) is 1. The molecule has 0 heterocycles. The van der Waals surface area contributed by atoms with Crippen molar-refractivity contribution >= 4 is 28.0 Å². The zero-order valence-corrected chi connectivity index (χ0v) is 16.2. The van der Waals surface area contributed by atoms with E-state index in [2.05, 4.69) is 21.2 Å². The van der Waals surface area contributed by atoms with Gasteiger partial charge in [-0.3, -0.25) is 4.79 Å². The first-order valence-electron chi connectivity index (χ1n) is 8.18. The van der Waals surface area contributed by atoms with Crippen molar-refractivity contribution in [1.29, 1.82) is 0 Å². The van der Waals surface area contributed by atoms with E-state index in [4.69, 9.17) is 4.74 Å². The quantitative estimate of drug-likeness (QED) is 0.769. The highest BCUT2D eigenvalue weighted by molar-refractivity contribution is 9.10. The average Bonchev–Trinajstić information content (AvgIpc) is 2.85. The molecule has 0 saturated heterocycles. The van der Waals surface area contributed by atoms with Gasteiger partial charge in [0.2, 0.25) is 0 Å². The fourth-order valence-electron chi connectivity index (χ4n) is 3.19. The van der Waals surface area contributed by atoms with Crippen molar-refractivity contribution in [2.24, 2.45) is 5.41 Å². The van der Waals surface area contributed by atoms with Gasteiger partial charge in [0.05, 0.1) is 9.89 Å². The highest BCUT2D eigenvalue weighted by Gasteiger charge is 2.46. The molecule has 2 N–H and O–H groups in total. The molecule has 5 nitrogen and oxygen atoms in total. The van der Waals surface area contributed by atoms with Crippen LogP contribution in [0.15, 0.2) is 22.7 Å². The minimum absolute atomic E-state index is 0.255. The highest BCUT2D eigenvalue weighted by atomic mass is 79.9. The number of carbonyl (C=O) groups is 2. The molecule has 1 amide bonds. The molecule has 1 aliphatic carbocycles. The summed E-state index contributed by atoms with van der Waals surface area (Å²) >= 11 is 3.13. The lowest BCUT2D eigenvalue weighted by Gasteiger charge is -2.25. The van der Waals surface area contributed by atoms with Crippen LogP contribution in [0.4, 0.5) is 9.18 Å². The van der Waals surface area contributed by atoms with Crippen LogP contribution in [0.1, 0.15) is 45.6 Å². The third kappa shape index (κ3) is 5.17. The van der Waals surface area contributed by atoms with Crippen LogP contribution in [-0.4, -0.2) is 28.8 Å². The Kier molecular flexibility index (Phi) is 5.76. The molecule has 0 spiro atoms. The van der Waals surface area contributed by atoms with Gasteiger partial charge in [0.25, 0.3) is 0 Å². The van der Waals surface area contributed by atoms with Crippen LogP contribution in [-0.2, 0) is 16.0 Å². The monoisotopic (exact) mass is 415 g/mol. The topological polar surface area (TPSA) is 75.6 Å². The summed E-state index contributed by atoms with van der Waals surface area (Å²) in [5.74, 6) is -1.29. The number of hydrogen-bond donors (Lipinski definition) is 2. The van der Waals surface area contributed by atoms with E-state index >= 15 is 0 Å². The maximum absolute atomic E-state index is 13.4. The molecule has 138 valence electrons. The van der Waals surface area contributed by atoms with Gasteiger partial charge in [-0.25, -0.2) is 9.18 Å². The van der Waals surface area contributed by atoms with Gasteiger partial charge < -0.3 is 15.2 Å². The van der Waals surface area contributed by atoms with Crippen LogP contribution in [0.5, 0.6) is 0 Å². The second kappa shape index (κ2) is 7.32. The predicted octanol–water partition coefficient (Wildman–Crippen LogP) is 4.28. The molecule has 25 heavy (non-hydrogen) atoms. The molecular formula is C18H23BrFNO4. The molecule has 0 bridgehead atoms. The van der Waals surface area contributed by atoms with E-state index in [1.165, 1.54) is 6.07 Å². The number of ether oxygens (including phenoxy) is 1. The Morgan fingerprint density at radius 2 is 2.12 bits per heavy atom. The Balaban J connectivity index is 2.07. The Bertz CT molecular complexity index is 674. The average molecular weight is 416 g/mol. The minimum atomic E-state index is -0.975. The summed E-state index contributed by atoms with van der Waals surface area (Å²) in [5, 5.41) is 12.5. The zero-order valence-electron chi connectivity index (χ0n) is 14.6. The van der Waals surface area contributed by atoms with Gasteiger partial charge in [-0.15, -0.1) is 0 Å². The molecule has 2 atom stereocenters. The number of amides is 1. The summed E-state index contributed by atoms with van der Waals surface area (Å²) in [6, 6.07) is 4.27. The summed E-state index contributed by atoms with van der Waals surface area (Å²) in [6.07, 6.45) is 1.07. The fraction of sp³-hybridized carbons (Fsp3) is 0.556. The Morgan fingerprint density at radius 3 is 2.68 bits per heavy atom. The second-order valence-corrected chi connectivity index (χ2v) is 8.45. The molecule has 1 fully saturated rings. The highest BCUT2D eigenvalue weighted by Crippen LogP contribution is 2.42. The van der Waals surface area contributed by atoms with Crippen LogP contribution in [0.25, 0.3) is 0 Å². The van der Waals surface area contributed by atoms with E-state index in [0.717, 1.165) is 5.56 Å². The van der Waals surface area contributed by atoms with E-state index in [1.54, 1.807) is 32.9 Å². The number of carbonyl (C=O) groups excluding carboxylic acids is 1. The fourth-order valence-corrected chi connectivity index (χ4v) is 3.62.